The van der Waals surface area contributed by atoms with E-state index in [0.29, 0.717) is 44.1 Å². The van der Waals surface area contributed by atoms with Gasteiger partial charge in [0.2, 0.25) is 11.8 Å². The lowest BCUT2D eigenvalue weighted by atomic mass is 10.2. The molecule has 1 fully saturated rings. The van der Waals surface area contributed by atoms with Crippen molar-refractivity contribution in [3.63, 3.8) is 0 Å². The van der Waals surface area contributed by atoms with E-state index in [0.717, 1.165) is 0 Å². The first-order valence-corrected chi connectivity index (χ1v) is 12.6. The number of benzene rings is 1. The maximum atomic E-state index is 14.5. The van der Waals surface area contributed by atoms with Crippen LogP contribution in [0.25, 0.3) is 10.9 Å². The van der Waals surface area contributed by atoms with E-state index in [2.05, 4.69) is 20.4 Å². The molecule has 38 heavy (non-hydrogen) atoms. The standard InChI is InChI=1S/C26H34FN7O4/c1-16(2)15-37-23-19(22(35)29-18-11-17-14-32(6)31-21(17)20(27)12-18)13-28-24(30-23)33-7-9-34(10-8-33)25(36)38-26(3,4)5/h11-14,16H,7-10,15H2,1-6H3,(H,29,35). The van der Waals surface area contributed by atoms with Crippen LogP contribution in [0.2, 0.25) is 0 Å². The van der Waals surface area contributed by atoms with Crippen molar-refractivity contribution in [2.24, 2.45) is 13.0 Å². The summed E-state index contributed by atoms with van der Waals surface area (Å²) in [6.45, 7) is 11.7. The van der Waals surface area contributed by atoms with Gasteiger partial charge in [0.05, 0.1) is 6.61 Å². The van der Waals surface area contributed by atoms with E-state index in [-0.39, 0.29) is 34.7 Å². The Hall–Kier alpha value is -3.96. The van der Waals surface area contributed by atoms with Gasteiger partial charge in [0.1, 0.15) is 16.7 Å². The van der Waals surface area contributed by atoms with Gasteiger partial charge in [-0.15, -0.1) is 0 Å². The van der Waals surface area contributed by atoms with E-state index in [1.54, 1.807) is 24.2 Å². The summed E-state index contributed by atoms with van der Waals surface area (Å²) >= 11 is 0. The van der Waals surface area contributed by atoms with Gasteiger partial charge < -0.3 is 24.6 Å². The van der Waals surface area contributed by atoms with Crippen molar-refractivity contribution in [1.82, 2.24) is 24.6 Å². The molecule has 0 saturated carbocycles. The van der Waals surface area contributed by atoms with Crippen molar-refractivity contribution in [3.05, 3.63) is 35.9 Å². The predicted molar refractivity (Wildman–Crippen MR) is 141 cm³/mol. The Bertz CT molecular complexity index is 1330. The number of hydrogen-bond acceptors (Lipinski definition) is 8. The Labute approximate surface area is 220 Å². The summed E-state index contributed by atoms with van der Waals surface area (Å²) in [7, 11) is 1.70. The second kappa shape index (κ2) is 10.8. The zero-order chi connectivity index (χ0) is 27.6. The minimum atomic E-state index is -0.564. The SMILES string of the molecule is CC(C)COc1nc(N2CCN(C(=O)OC(C)(C)C)CC2)ncc1C(=O)Nc1cc(F)c2nn(C)cc2c1. The topological polar surface area (TPSA) is 115 Å². The number of halogens is 1. The monoisotopic (exact) mass is 527 g/mol. The summed E-state index contributed by atoms with van der Waals surface area (Å²) in [6.07, 6.45) is 2.73. The molecule has 2 amide bonds. The van der Waals surface area contributed by atoms with E-state index < -0.39 is 17.3 Å². The highest BCUT2D eigenvalue weighted by Crippen LogP contribution is 2.25. The highest BCUT2D eigenvalue weighted by Gasteiger charge is 2.28. The third-order valence-electron chi connectivity index (χ3n) is 5.69. The van der Waals surface area contributed by atoms with Crippen molar-refractivity contribution in [3.8, 4) is 5.88 Å². The van der Waals surface area contributed by atoms with Gasteiger partial charge in [-0.1, -0.05) is 13.8 Å². The normalized spacial score (nSPS) is 14.2. The number of aryl methyl sites for hydroxylation is 1. The van der Waals surface area contributed by atoms with Crippen LogP contribution in [-0.4, -0.2) is 75.0 Å². The highest BCUT2D eigenvalue weighted by atomic mass is 19.1. The number of rotatable bonds is 6. The van der Waals surface area contributed by atoms with Crippen LogP contribution in [-0.2, 0) is 11.8 Å². The molecule has 1 N–H and O–H groups in total. The molecule has 1 aromatic carbocycles. The Morgan fingerprint density at radius 3 is 2.53 bits per heavy atom. The molecule has 0 atom stereocenters. The van der Waals surface area contributed by atoms with E-state index >= 15 is 0 Å². The lowest BCUT2D eigenvalue weighted by Crippen LogP contribution is -2.50. The number of carbonyl (C=O) groups excluding carboxylic acids is 2. The summed E-state index contributed by atoms with van der Waals surface area (Å²) in [5.74, 6) is -0.325. The van der Waals surface area contributed by atoms with Gasteiger partial charge in [-0.3, -0.25) is 9.48 Å². The van der Waals surface area contributed by atoms with Crippen LogP contribution in [0.1, 0.15) is 45.0 Å². The molecule has 0 spiro atoms. The fraction of sp³-hybridized carbons (Fsp3) is 0.500. The van der Waals surface area contributed by atoms with Crippen LogP contribution in [0, 0.1) is 11.7 Å². The Morgan fingerprint density at radius 2 is 1.87 bits per heavy atom. The first-order valence-electron chi connectivity index (χ1n) is 12.6. The number of amides is 2. The van der Waals surface area contributed by atoms with Crippen LogP contribution >= 0.6 is 0 Å². The number of carbonyl (C=O) groups is 2. The van der Waals surface area contributed by atoms with Crippen LogP contribution in [0.5, 0.6) is 5.88 Å². The number of aromatic nitrogens is 4. The lowest BCUT2D eigenvalue weighted by Gasteiger charge is -2.35. The summed E-state index contributed by atoms with van der Waals surface area (Å²) in [5.41, 5.74) is 0.0795. The van der Waals surface area contributed by atoms with E-state index in [1.165, 1.54) is 16.9 Å². The van der Waals surface area contributed by atoms with Gasteiger partial charge in [-0.2, -0.15) is 10.1 Å². The van der Waals surface area contributed by atoms with Crippen molar-refractivity contribution in [1.29, 1.82) is 0 Å². The van der Waals surface area contributed by atoms with Gasteiger partial charge >= 0.3 is 6.09 Å². The van der Waals surface area contributed by atoms with Crippen molar-refractivity contribution in [2.75, 3.05) is 43.0 Å². The lowest BCUT2D eigenvalue weighted by molar-refractivity contribution is 0.0240. The molecule has 11 nitrogen and oxygen atoms in total. The molecule has 0 aliphatic carbocycles. The summed E-state index contributed by atoms with van der Waals surface area (Å²) in [6, 6.07) is 2.87. The Kier molecular flexibility index (Phi) is 7.70. The first kappa shape index (κ1) is 27.1. The van der Waals surface area contributed by atoms with Crippen LogP contribution in [0.3, 0.4) is 0 Å². The molecular formula is C26H34FN7O4. The molecule has 3 heterocycles. The third kappa shape index (κ3) is 6.48. The molecule has 3 aromatic rings. The summed E-state index contributed by atoms with van der Waals surface area (Å²) in [5, 5.41) is 7.37. The van der Waals surface area contributed by atoms with Gasteiger partial charge in [0, 0.05) is 56.7 Å². The molecule has 1 aliphatic heterocycles. The Morgan fingerprint density at radius 1 is 1.16 bits per heavy atom. The van der Waals surface area contributed by atoms with Gasteiger partial charge in [-0.05, 0) is 38.8 Å². The molecule has 204 valence electrons. The molecule has 0 bridgehead atoms. The second-order valence-corrected chi connectivity index (χ2v) is 10.7. The van der Waals surface area contributed by atoms with E-state index in [4.69, 9.17) is 9.47 Å². The smallest absolute Gasteiger partial charge is 0.410 e. The van der Waals surface area contributed by atoms with Crippen LogP contribution in [0.4, 0.5) is 20.8 Å². The average Bonchev–Trinajstić information content (AvgIpc) is 3.22. The number of anilines is 2. The van der Waals surface area contributed by atoms with Crippen molar-refractivity contribution in [2.45, 2.75) is 40.2 Å². The molecule has 2 aromatic heterocycles. The largest absolute Gasteiger partial charge is 0.477 e. The van der Waals surface area contributed by atoms with Gasteiger partial charge in [-0.25, -0.2) is 14.2 Å². The van der Waals surface area contributed by atoms with Crippen LogP contribution < -0.4 is 15.0 Å². The molecule has 0 unspecified atom stereocenters. The number of fused-ring (bicyclic) bond motifs is 1. The van der Waals surface area contributed by atoms with E-state index in [1.807, 2.05) is 39.5 Å². The summed E-state index contributed by atoms with van der Waals surface area (Å²) < 4.78 is 27.4. The Balaban J connectivity index is 1.51. The molecular weight excluding hydrogens is 493 g/mol. The highest BCUT2D eigenvalue weighted by molar-refractivity contribution is 6.06. The van der Waals surface area contributed by atoms with E-state index in [9.17, 15) is 14.0 Å². The molecule has 1 aliphatic rings. The number of ether oxygens (including phenoxy) is 2. The number of hydrogen-bond donors (Lipinski definition) is 1. The van der Waals surface area contributed by atoms with Crippen molar-refractivity contribution >= 4 is 34.5 Å². The molecule has 1 saturated heterocycles. The fourth-order valence-electron chi connectivity index (χ4n) is 3.92. The number of nitrogens with zero attached hydrogens (tertiary/aromatic N) is 6. The molecule has 4 rings (SSSR count). The minimum absolute atomic E-state index is 0.133. The molecule has 12 heteroatoms. The predicted octanol–water partition coefficient (Wildman–Crippen LogP) is 3.85. The minimum Gasteiger partial charge on any atom is -0.477 e. The van der Waals surface area contributed by atoms with Gasteiger partial charge in [0.25, 0.3) is 5.91 Å². The second-order valence-electron chi connectivity index (χ2n) is 10.7. The maximum Gasteiger partial charge on any atom is 0.410 e. The van der Waals surface area contributed by atoms with Crippen LogP contribution in [0.15, 0.2) is 24.5 Å². The maximum absolute atomic E-state index is 14.5. The molecule has 0 radical (unpaired) electrons. The number of nitrogens with one attached hydrogen (secondary N) is 1. The first-order chi connectivity index (χ1) is 17.9. The summed E-state index contributed by atoms with van der Waals surface area (Å²) in [4.78, 5) is 38.1. The third-order valence-corrected chi connectivity index (χ3v) is 5.69. The quantitative estimate of drug-likeness (QED) is 0.514. The zero-order valence-corrected chi connectivity index (χ0v) is 22.6. The van der Waals surface area contributed by atoms with Crippen molar-refractivity contribution < 1.29 is 23.5 Å². The zero-order valence-electron chi connectivity index (χ0n) is 22.6. The average molecular weight is 528 g/mol. The van der Waals surface area contributed by atoms with Gasteiger partial charge in [0.15, 0.2) is 5.82 Å². The fourth-order valence-corrected chi connectivity index (χ4v) is 3.92. The number of piperazine rings is 1.